The first-order valence-corrected chi connectivity index (χ1v) is 12.0. The zero-order valence-electron chi connectivity index (χ0n) is 19.4. The summed E-state index contributed by atoms with van der Waals surface area (Å²) in [6.07, 6.45) is 2.12. The number of aromatic amines is 1. The van der Waals surface area contributed by atoms with E-state index in [9.17, 15) is 19.2 Å². The van der Waals surface area contributed by atoms with E-state index in [1.54, 1.807) is 6.20 Å². The number of carbonyl (C=O) groups excluding carboxylic acids is 3. The summed E-state index contributed by atoms with van der Waals surface area (Å²) in [4.78, 5) is 52.4. The highest BCUT2D eigenvalue weighted by Gasteiger charge is 2.28. The molecule has 7 N–H and O–H groups in total. The van der Waals surface area contributed by atoms with E-state index in [4.69, 9.17) is 10.8 Å². The van der Waals surface area contributed by atoms with E-state index in [0.717, 1.165) is 22.0 Å². The third-order valence-corrected chi connectivity index (χ3v) is 5.96. The Hall–Kier alpha value is -3.83. The van der Waals surface area contributed by atoms with Crippen molar-refractivity contribution in [2.24, 2.45) is 5.73 Å². The highest BCUT2D eigenvalue weighted by atomic mass is 32.1. The van der Waals surface area contributed by atoms with Gasteiger partial charge >= 0.3 is 5.97 Å². The molecule has 3 aromatic rings. The van der Waals surface area contributed by atoms with Gasteiger partial charge in [-0.25, -0.2) is 0 Å². The van der Waals surface area contributed by atoms with Crippen molar-refractivity contribution in [3.63, 3.8) is 0 Å². The normalized spacial score (nSPS) is 13.4. The average molecular weight is 512 g/mol. The fraction of sp³-hybridized carbons (Fsp3) is 0.280. The molecule has 36 heavy (non-hydrogen) atoms. The minimum absolute atomic E-state index is 0.0355. The number of thiol groups is 1. The van der Waals surface area contributed by atoms with Crippen LogP contribution < -0.4 is 21.7 Å². The first-order chi connectivity index (χ1) is 17.3. The summed E-state index contributed by atoms with van der Waals surface area (Å²) in [6.45, 7) is -0.597. The van der Waals surface area contributed by atoms with Gasteiger partial charge in [-0.2, -0.15) is 12.6 Å². The molecule has 10 nitrogen and oxygen atoms in total. The number of carbonyl (C=O) groups is 4. The summed E-state index contributed by atoms with van der Waals surface area (Å²) in [6, 6.07) is 13.7. The molecule has 3 atom stereocenters. The molecule has 0 saturated heterocycles. The molecule has 3 unspecified atom stereocenters. The molecule has 0 aliphatic carbocycles. The molecule has 0 saturated carbocycles. The summed E-state index contributed by atoms with van der Waals surface area (Å²) in [5.74, 6) is -3.08. The molecule has 3 amide bonds. The van der Waals surface area contributed by atoms with Gasteiger partial charge in [0, 0.05) is 29.3 Å². The molecule has 0 aliphatic heterocycles. The number of amides is 3. The Morgan fingerprint density at radius 3 is 2.25 bits per heavy atom. The van der Waals surface area contributed by atoms with Gasteiger partial charge in [0.1, 0.15) is 18.6 Å². The van der Waals surface area contributed by atoms with Gasteiger partial charge in [-0.05, 0) is 23.6 Å². The lowest BCUT2D eigenvalue weighted by atomic mass is 10.0. The third kappa shape index (κ3) is 7.33. The molecule has 0 fully saturated rings. The van der Waals surface area contributed by atoms with E-state index in [-0.39, 0.29) is 18.6 Å². The van der Waals surface area contributed by atoms with Crippen LogP contribution in [0.15, 0.2) is 60.8 Å². The van der Waals surface area contributed by atoms with E-state index >= 15 is 0 Å². The Balaban J connectivity index is 1.69. The lowest BCUT2D eigenvalue weighted by molar-refractivity contribution is -0.138. The molecule has 1 aromatic heterocycles. The Morgan fingerprint density at radius 2 is 1.56 bits per heavy atom. The van der Waals surface area contributed by atoms with Crippen LogP contribution >= 0.6 is 12.6 Å². The maximum atomic E-state index is 13.0. The van der Waals surface area contributed by atoms with Gasteiger partial charge in [0.2, 0.25) is 17.7 Å². The molecular weight excluding hydrogens is 482 g/mol. The van der Waals surface area contributed by atoms with Crippen molar-refractivity contribution in [2.75, 3.05) is 12.3 Å². The van der Waals surface area contributed by atoms with Crippen molar-refractivity contribution in [3.8, 4) is 0 Å². The predicted octanol–water partition coefficient (Wildman–Crippen LogP) is 0.381. The number of rotatable bonds is 12. The third-order valence-electron chi connectivity index (χ3n) is 5.60. The van der Waals surface area contributed by atoms with E-state index in [2.05, 4.69) is 33.6 Å². The number of carboxylic acid groups (broad SMARTS) is 1. The van der Waals surface area contributed by atoms with Crippen LogP contribution in [-0.2, 0) is 32.0 Å². The van der Waals surface area contributed by atoms with Crippen LogP contribution in [-0.4, -0.2) is 64.2 Å². The highest BCUT2D eigenvalue weighted by molar-refractivity contribution is 7.80. The van der Waals surface area contributed by atoms with Gasteiger partial charge in [0.05, 0.1) is 6.04 Å². The number of hydrogen-bond acceptors (Lipinski definition) is 6. The SMILES string of the molecule is NC(Cc1ccccc1)C(=O)NC(CS)C(=O)NC(Cc1c[nH]c2ccccc12)C(=O)NCC(=O)O. The lowest BCUT2D eigenvalue weighted by Gasteiger charge is -2.23. The van der Waals surface area contributed by atoms with Gasteiger partial charge in [0.25, 0.3) is 0 Å². The smallest absolute Gasteiger partial charge is 0.322 e. The second kappa shape index (κ2) is 12.8. The van der Waals surface area contributed by atoms with Gasteiger partial charge in [-0.15, -0.1) is 0 Å². The Kier molecular flexibility index (Phi) is 9.48. The van der Waals surface area contributed by atoms with E-state index < -0.39 is 48.4 Å². The quantitative estimate of drug-likeness (QED) is 0.174. The van der Waals surface area contributed by atoms with E-state index in [1.807, 2.05) is 54.6 Å². The van der Waals surface area contributed by atoms with Crippen LogP contribution in [0.25, 0.3) is 10.9 Å². The number of carboxylic acids is 1. The molecule has 0 aliphatic rings. The monoisotopic (exact) mass is 511 g/mol. The maximum absolute atomic E-state index is 13.0. The standard InChI is InChI=1S/C25H29N5O5S/c26-18(10-15-6-2-1-3-7-15)23(33)30-21(14-36)25(35)29-20(24(34)28-13-22(31)32)11-16-12-27-19-9-5-4-8-17(16)19/h1-9,12,18,20-21,27,36H,10-11,13-14,26H2,(H,28,34)(H,29,35)(H,30,33)(H,31,32). The number of aliphatic carboxylic acids is 1. The number of aromatic nitrogens is 1. The molecule has 1 heterocycles. The molecular formula is C25H29N5O5S. The number of H-pyrrole nitrogens is 1. The fourth-order valence-corrected chi connectivity index (χ4v) is 3.98. The highest BCUT2D eigenvalue weighted by Crippen LogP contribution is 2.19. The van der Waals surface area contributed by atoms with Gasteiger partial charge in [-0.1, -0.05) is 48.5 Å². The summed E-state index contributed by atoms with van der Waals surface area (Å²) in [5.41, 5.74) is 8.52. The van der Waals surface area contributed by atoms with Crippen LogP contribution in [0.5, 0.6) is 0 Å². The van der Waals surface area contributed by atoms with Crippen LogP contribution in [0, 0.1) is 0 Å². The van der Waals surface area contributed by atoms with Gasteiger partial charge in [0.15, 0.2) is 0 Å². The molecule has 11 heteroatoms. The van der Waals surface area contributed by atoms with Crippen molar-refractivity contribution in [1.29, 1.82) is 0 Å². The number of nitrogens with one attached hydrogen (secondary N) is 4. The van der Waals surface area contributed by atoms with Gasteiger partial charge in [-0.3, -0.25) is 19.2 Å². The van der Waals surface area contributed by atoms with E-state index in [1.165, 1.54) is 0 Å². The Morgan fingerprint density at radius 1 is 0.889 bits per heavy atom. The number of hydrogen-bond donors (Lipinski definition) is 7. The largest absolute Gasteiger partial charge is 0.480 e. The van der Waals surface area contributed by atoms with Crippen LogP contribution in [0.3, 0.4) is 0 Å². The lowest BCUT2D eigenvalue weighted by Crippen LogP contribution is -2.57. The molecule has 0 radical (unpaired) electrons. The number of nitrogens with two attached hydrogens (primary N) is 1. The molecule has 0 spiro atoms. The zero-order valence-corrected chi connectivity index (χ0v) is 20.3. The van der Waals surface area contributed by atoms with Crippen LogP contribution in [0.4, 0.5) is 0 Å². The first kappa shape index (κ1) is 26.8. The second-order valence-electron chi connectivity index (χ2n) is 8.28. The molecule has 0 bridgehead atoms. The van der Waals surface area contributed by atoms with Crippen molar-refractivity contribution in [2.45, 2.75) is 31.0 Å². The van der Waals surface area contributed by atoms with Crippen molar-refractivity contribution in [3.05, 3.63) is 71.9 Å². The second-order valence-corrected chi connectivity index (χ2v) is 8.64. The summed E-state index contributed by atoms with van der Waals surface area (Å²) >= 11 is 4.18. The fourth-order valence-electron chi connectivity index (χ4n) is 3.72. The Bertz CT molecular complexity index is 1220. The van der Waals surface area contributed by atoms with Crippen molar-refractivity contribution < 1.29 is 24.3 Å². The molecule has 190 valence electrons. The number of fused-ring (bicyclic) bond motifs is 1. The minimum atomic E-state index is -1.21. The van der Waals surface area contributed by atoms with Crippen LogP contribution in [0.1, 0.15) is 11.1 Å². The summed E-state index contributed by atoms with van der Waals surface area (Å²) in [5, 5.41) is 17.3. The zero-order chi connectivity index (χ0) is 26.1. The summed E-state index contributed by atoms with van der Waals surface area (Å²) in [7, 11) is 0. The first-order valence-electron chi connectivity index (χ1n) is 11.3. The van der Waals surface area contributed by atoms with Crippen LogP contribution in [0.2, 0.25) is 0 Å². The van der Waals surface area contributed by atoms with Crippen molar-refractivity contribution in [1.82, 2.24) is 20.9 Å². The van der Waals surface area contributed by atoms with Crippen molar-refractivity contribution >= 4 is 47.2 Å². The molecule has 3 rings (SSSR count). The topological polar surface area (TPSA) is 166 Å². The Labute approximate surface area is 213 Å². The predicted molar refractivity (Wildman–Crippen MR) is 138 cm³/mol. The molecule has 2 aromatic carbocycles. The summed E-state index contributed by atoms with van der Waals surface area (Å²) < 4.78 is 0. The number of benzene rings is 2. The maximum Gasteiger partial charge on any atom is 0.322 e. The number of para-hydroxylation sites is 1. The van der Waals surface area contributed by atoms with E-state index in [0.29, 0.717) is 0 Å². The van der Waals surface area contributed by atoms with Gasteiger partial charge < -0.3 is 31.8 Å². The average Bonchev–Trinajstić information content (AvgIpc) is 3.28. The minimum Gasteiger partial charge on any atom is -0.480 e.